The Labute approximate surface area is 53.3 Å². The molecule has 1 aromatic heterocycles. The minimum absolute atomic E-state index is 0.544. The van der Waals surface area contributed by atoms with Crippen molar-refractivity contribution in [1.29, 1.82) is 0 Å². The van der Waals surface area contributed by atoms with Crippen LogP contribution in [0.2, 0.25) is 0 Å². The second kappa shape index (κ2) is 1.99. The van der Waals surface area contributed by atoms with Crippen LogP contribution in [0.25, 0.3) is 0 Å². The van der Waals surface area contributed by atoms with E-state index in [1.165, 1.54) is 4.68 Å². The average molecular weight is 113 g/mol. The summed E-state index contributed by atoms with van der Waals surface area (Å²) in [5.41, 5.74) is 0. The molecule has 0 spiro atoms. The van der Waals surface area contributed by atoms with Crippen molar-refractivity contribution in [2.45, 2.75) is 19.8 Å². The summed E-state index contributed by atoms with van der Waals surface area (Å²) in [5, 5.41) is 3.84. The third-order valence-corrected chi connectivity index (χ3v) is 0.922. The summed E-state index contributed by atoms with van der Waals surface area (Å²) in [6.07, 6.45) is 3.22. The second-order valence-electron chi connectivity index (χ2n) is 1.66. The SMILES string of the molecule is [2H]C([2H])([2H])C(C)n1cccn1. The fraction of sp³-hybridized carbons (Fsp3) is 0.500. The average Bonchev–Trinajstić information content (AvgIpc) is 2.34. The lowest BCUT2D eigenvalue weighted by atomic mass is 10.4. The summed E-state index contributed by atoms with van der Waals surface area (Å²) in [7, 11) is 0. The van der Waals surface area contributed by atoms with E-state index < -0.39 is 12.9 Å². The molecule has 0 aliphatic rings. The summed E-state index contributed by atoms with van der Waals surface area (Å²) >= 11 is 0. The molecule has 0 N–H and O–H groups in total. The Bertz CT molecular complexity index is 214. The highest BCUT2D eigenvalue weighted by Crippen LogP contribution is 1.98. The number of hydrogen-bond donors (Lipinski definition) is 0. The Morgan fingerprint density at radius 3 is 3.25 bits per heavy atom. The molecule has 0 saturated heterocycles. The van der Waals surface area contributed by atoms with Gasteiger partial charge in [0.1, 0.15) is 0 Å². The Hall–Kier alpha value is -0.790. The van der Waals surface area contributed by atoms with Crippen molar-refractivity contribution in [2.75, 3.05) is 0 Å². The first-order valence-corrected chi connectivity index (χ1v) is 2.51. The molecule has 1 rings (SSSR count). The van der Waals surface area contributed by atoms with Crippen LogP contribution in [0, 0.1) is 0 Å². The van der Waals surface area contributed by atoms with E-state index in [0.717, 1.165) is 0 Å². The predicted octanol–water partition coefficient (Wildman–Crippen LogP) is 1.46. The van der Waals surface area contributed by atoms with Gasteiger partial charge >= 0.3 is 0 Å². The van der Waals surface area contributed by atoms with E-state index in [1.54, 1.807) is 25.4 Å². The Morgan fingerprint density at radius 2 is 2.75 bits per heavy atom. The molecule has 2 nitrogen and oxygen atoms in total. The normalized spacial score (nSPS) is 20.9. The van der Waals surface area contributed by atoms with Gasteiger partial charge in [-0.25, -0.2) is 0 Å². The van der Waals surface area contributed by atoms with Gasteiger partial charge in [0.05, 0.1) is 0 Å². The maximum atomic E-state index is 7.09. The molecule has 0 saturated carbocycles. The van der Waals surface area contributed by atoms with Crippen molar-refractivity contribution in [3.63, 3.8) is 0 Å². The number of aromatic nitrogens is 2. The molecule has 0 aliphatic carbocycles. The first kappa shape index (κ1) is 2.67. The number of nitrogens with zero attached hydrogens (tertiary/aromatic N) is 2. The van der Waals surface area contributed by atoms with Crippen LogP contribution >= 0.6 is 0 Å². The molecular weight excluding hydrogens is 100 g/mol. The predicted molar refractivity (Wildman–Crippen MR) is 32.6 cm³/mol. The minimum Gasteiger partial charge on any atom is -0.270 e. The van der Waals surface area contributed by atoms with Gasteiger partial charge in [0.2, 0.25) is 0 Å². The Morgan fingerprint density at radius 1 is 1.88 bits per heavy atom. The summed E-state index contributed by atoms with van der Waals surface area (Å²) in [6.45, 7) is -0.341. The van der Waals surface area contributed by atoms with Crippen molar-refractivity contribution in [2.24, 2.45) is 0 Å². The first-order valence-electron chi connectivity index (χ1n) is 4.01. The van der Waals surface area contributed by atoms with Gasteiger partial charge in [0.25, 0.3) is 0 Å². The lowest BCUT2D eigenvalue weighted by Crippen LogP contribution is -1.99. The molecule has 1 unspecified atom stereocenters. The third-order valence-electron chi connectivity index (χ3n) is 0.922. The molecule has 1 heterocycles. The molecule has 0 fully saturated rings. The smallest absolute Gasteiger partial charge is 0.0489 e. The highest BCUT2D eigenvalue weighted by molar-refractivity contribution is 4.79. The maximum Gasteiger partial charge on any atom is 0.0489 e. The van der Waals surface area contributed by atoms with Crippen molar-refractivity contribution in [1.82, 2.24) is 9.78 Å². The zero-order valence-electron chi connectivity index (χ0n) is 7.70. The summed E-state index contributed by atoms with van der Waals surface area (Å²) in [6, 6.07) is 1.17. The minimum atomic E-state index is -1.97. The zero-order chi connectivity index (χ0) is 8.48. The monoisotopic (exact) mass is 113 g/mol. The van der Waals surface area contributed by atoms with Crippen molar-refractivity contribution >= 4 is 0 Å². The molecule has 0 amide bonds. The topological polar surface area (TPSA) is 17.8 Å². The number of rotatable bonds is 1. The van der Waals surface area contributed by atoms with E-state index in [9.17, 15) is 0 Å². The fourth-order valence-corrected chi connectivity index (χ4v) is 0.510. The van der Waals surface area contributed by atoms with Gasteiger partial charge < -0.3 is 0 Å². The van der Waals surface area contributed by atoms with Crippen LogP contribution in [-0.4, -0.2) is 9.78 Å². The van der Waals surface area contributed by atoms with Gasteiger partial charge in [-0.1, -0.05) is 0 Å². The molecule has 0 bridgehead atoms. The summed E-state index contributed by atoms with van der Waals surface area (Å²) in [5.74, 6) is 0. The number of hydrogen-bond acceptors (Lipinski definition) is 1. The van der Waals surface area contributed by atoms with E-state index >= 15 is 0 Å². The molecule has 1 atom stereocenters. The van der Waals surface area contributed by atoms with E-state index in [4.69, 9.17) is 4.11 Å². The maximum absolute atomic E-state index is 7.09. The van der Waals surface area contributed by atoms with Gasteiger partial charge in [-0.05, 0) is 19.8 Å². The van der Waals surface area contributed by atoms with Crippen LogP contribution in [0.3, 0.4) is 0 Å². The molecule has 2 heteroatoms. The van der Waals surface area contributed by atoms with Gasteiger partial charge in [0, 0.05) is 22.5 Å². The molecule has 44 valence electrons. The van der Waals surface area contributed by atoms with Crippen molar-refractivity contribution in [3.8, 4) is 0 Å². The molecule has 1 aromatic rings. The largest absolute Gasteiger partial charge is 0.270 e. The zero-order valence-corrected chi connectivity index (χ0v) is 4.70. The Kier molecular flexibility index (Phi) is 0.663. The van der Waals surface area contributed by atoms with Gasteiger partial charge in [0.15, 0.2) is 0 Å². The van der Waals surface area contributed by atoms with Crippen LogP contribution < -0.4 is 0 Å². The molecule has 8 heavy (non-hydrogen) atoms. The van der Waals surface area contributed by atoms with E-state index in [0.29, 0.717) is 0 Å². The molecular formula is C6H10N2. The van der Waals surface area contributed by atoms with Gasteiger partial charge in [-0.3, -0.25) is 4.68 Å². The molecule has 0 radical (unpaired) electrons. The lowest BCUT2D eigenvalue weighted by Gasteiger charge is -2.01. The molecule has 0 aliphatic heterocycles. The van der Waals surface area contributed by atoms with Crippen LogP contribution in [0.4, 0.5) is 0 Å². The van der Waals surface area contributed by atoms with E-state index in [1.807, 2.05) is 0 Å². The standard InChI is InChI=1S/C6H10N2/c1-6(2)8-5-3-4-7-8/h3-6H,1-2H3/i1D3. The van der Waals surface area contributed by atoms with Crippen LogP contribution in [-0.2, 0) is 0 Å². The third kappa shape index (κ3) is 0.886. The highest BCUT2D eigenvalue weighted by Gasteiger charge is 1.91. The lowest BCUT2D eigenvalue weighted by molar-refractivity contribution is 0.532. The molecule has 0 aromatic carbocycles. The second-order valence-corrected chi connectivity index (χ2v) is 1.66. The van der Waals surface area contributed by atoms with Crippen LogP contribution in [0.5, 0.6) is 0 Å². The summed E-state index contributed by atoms with van der Waals surface area (Å²) < 4.78 is 22.7. The fourth-order valence-electron chi connectivity index (χ4n) is 0.510. The van der Waals surface area contributed by atoms with Gasteiger partial charge in [-0.2, -0.15) is 5.10 Å². The quantitative estimate of drug-likeness (QED) is 0.539. The van der Waals surface area contributed by atoms with Crippen LogP contribution in [0.1, 0.15) is 23.9 Å². The van der Waals surface area contributed by atoms with Crippen molar-refractivity contribution in [3.05, 3.63) is 18.5 Å². The Balaban J connectivity index is 2.78. The van der Waals surface area contributed by atoms with Gasteiger partial charge in [-0.15, -0.1) is 0 Å². The van der Waals surface area contributed by atoms with E-state index in [-0.39, 0.29) is 0 Å². The highest BCUT2D eigenvalue weighted by atomic mass is 15.3. The van der Waals surface area contributed by atoms with E-state index in [2.05, 4.69) is 5.10 Å². The summed E-state index contributed by atoms with van der Waals surface area (Å²) in [4.78, 5) is 0. The van der Waals surface area contributed by atoms with Crippen molar-refractivity contribution < 1.29 is 4.11 Å². The first-order chi connectivity index (χ1) is 5.02. The van der Waals surface area contributed by atoms with Crippen LogP contribution in [0.15, 0.2) is 18.5 Å².